The lowest BCUT2D eigenvalue weighted by Crippen LogP contribution is -2.35. The Bertz CT molecular complexity index is 333. The summed E-state index contributed by atoms with van der Waals surface area (Å²) in [6.07, 6.45) is 1.25. The van der Waals surface area contributed by atoms with Crippen LogP contribution in [0.2, 0.25) is 0 Å². The predicted octanol–water partition coefficient (Wildman–Crippen LogP) is 2.23. The van der Waals surface area contributed by atoms with E-state index >= 15 is 0 Å². The lowest BCUT2D eigenvalue weighted by atomic mass is 9.80. The van der Waals surface area contributed by atoms with Gasteiger partial charge in [-0.2, -0.15) is 0 Å². The van der Waals surface area contributed by atoms with Crippen molar-refractivity contribution in [2.75, 3.05) is 25.1 Å². The van der Waals surface area contributed by atoms with Gasteiger partial charge in [0.05, 0.1) is 13.2 Å². The average molecular weight is 189 g/mol. The van der Waals surface area contributed by atoms with Crippen molar-refractivity contribution >= 4 is 5.69 Å². The molecule has 1 saturated heterocycles. The fraction of sp³-hybridized carbons (Fsp3) is 0.500. The van der Waals surface area contributed by atoms with Gasteiger partial charge in [0.15, 0.2) is 0 Å². The van der Waals surface area contributed by atoms with Crippen LogP contribution in [0.25, 0.3) is 0 Å². The summed E-state index contributed by atoms with van der Waals surface area (Å²) in [4.78, 5) is 0. The van der Waals surface area contributed by atoms with Crippen molar-refractivity contribution in [3.8, 4) is 0 Å². The number of ether oxygens (including phenoxy) is 1. The summed E-state index contributed by atoms with van der Waals surface area (Å²) in [5, 5.41) is 3.45. The zero-order valence-corrected chi connectivity index (χ0v) is 8.20. The van der Waals surface area contributed by atoms with E-state index in [1.165, 1.54) is 17.7 Å². The van der Waals surface area contributed by atoms with Gasteiger partial charge in [0.25, 0.3) is 0 Å². The summed E-state index contributed by atoms with van der Waals surface area (Å²) in [6, 6.07) is 8.68. The number of fused-ring (bicyclic) bond motifs is 1. The summed E-state index contributed by atoms with van der Waals surface area (Å²) < 4.78 is 5.28. The van der Waals surface area contributed by atoms with Crippen LogP contribution in [0.15, 0.2) is 24.3 Å². The Kier molecular flexibility index (Phi) is 1.95. The molecule has 2 nitrogen and oxygen atoms in total. The summed E-state index contributed by atoms with van der Waals surface area (Å²) >= 11 is 0. The van der Waals surface area contributed by atoms with Crippen LogP contribution in [0.4, 0.5) is 5.69 Å². The van der Waals surface area contributed by atoms with Crippen molar-refractivity contribution in [2.24, 2.45) is 5.92 Å². The monoisotopic (exact) mass is 189 g/mol. The quantitative estimate of drug-likeness (QED) is 0.731. The molecule has 0 aromatic heterocycles. The fourth-order valence-corrected chi connectivity index (χ4v) is 2.48. The van der Waals surface area contributed by atoms with E-state index in [9.17, 15) is 0 Å². The van der Waals surface area contributed by atoms with Crippen LogP contribution >= 0.6 is 0 Å². The van der Waals surface area contributed by atoms with Crippen LogP contribution in [0.3, 0.4) is 0 Å². The number of benzene rings is 1. The van der Waals surface area contributed by atoms with Gasteiger partial charge in [-0.25, -0.2) is 0 Å². The Morgan fingerprint density at radius 3 is 2.86 bits per heavy atom. The molecule has 0 radical (unpaired) electrons. The van der Waals surface area contributed by atoms with E-state index in [0.29, 0.717) is 0 Å². The van der Waals surface area contributed by atoms with Crippen LogP contribution < -0.4 is 5.32 Å². The second-order valence-corrected chi connectivity index (χ2v) is 4.21. The largest absolute Gasteiger partial charge is 0.385 e. The third-order valence-electron chi connectivity index (χ3n) is 3.36. The van der Waals surface area contributed by atoms with E-state index in [2.05, 4.69) is 29.6 Å². The Labute approximate surface area is 84.3 Å². The van der Waals surface area contributed by atoms with Crippen molar-refractivity contribution in [1.82, 2.24) is 0 Å². The van der Waals surface area contributed by atoms with Crippen molar-refractivity contribution in [3.05, 3.63) is 29.8 Å². The van der Waals surface area contributed by atoms with Gasteiger partial charge < -0.3 is 10.1 Å². The standard InChI is InChI=1S/C12H15NO/c1-2-4-12-11(3-1)10(5-6-13-12)9-7-14-8-9/h1-4,9-10,13H,5-8H2. The van der Waals surface area contributed by atoms with Crippen molar-refractivity contribution in [1.29, 1.82) is 0 Å². The fourth-order valence-electron chi connectivity index (χ4n) is 2.48. The van der Waals surface area contributed by atoms with Gasteiger partial charge in [0, 0.05) is 18.2 Å². The van der Waals surface area contributed by atoms with Crippen LogP contribution in [0.5, 0.6) is 0 Å². The molecule has 1 aromatic carbocycles. The van der Waals surface area contributed by atoms with E-state index in [1.807, 2.05) is 0 Å². The molecule has 2 heterocycles. The number of hydrogen-bond acceptors (Lipinski definition) is 2. The minimum atomic E-state index is 0.723. The van der Waals surface area contributed by atoms with Gasteiger partial charge >= 0.3 is 0 Å². The van der Waals surface area contributed by atoms with E-state index in [0.717, 1.165) is 31.6 Å². The summed E-state index contributed by atoms with van der Waals surface area (Å²) in [6.45, 7) is 3.02. The maximum atomic E-state index is 5.28. The Hall–Kier alpha value is -1.02. The average Bonchev–Trinajstić information content (AvgIpc) is 2.16. The molecule has 1 atom stereocenters. The molecular formula is C12H15NO. The first-order chi connectivity index (χ1) is 6.95. The number of hydrogen-bond donors (Lipinski definition) is 1. The van der Waals surface area contributed by atoms with E-state index < -0.39 is 0 Å². The van der Waals surface area contributed by atoms with Gasteiger partial charge in [-0.3, -0.25) is 0 Å². The van der Waals surface area contributed by atoms with Crippen LogP contribution in [-0.2, 0) is 4.74 Å². The van der Waals surface area contributed by atoms with E-state index in [1.54, 1.807) is 0 Å². The molecule has 0 bridgehead atoms. The second-order valence-electron chi connectivity index (χ2n) is 4.21. The first-order valence-electron chi connectivity index (χ1n) is 5.36. The molecule has 1 aromatic rings. The minimum absolute atomic E-state index is 0.723. The van der Waals surface area contributed by atoms with Crippen LogP contribution in [-0.4, -0.2) is 19.8 Å². The zero-order valence-electron chi connectivity index (χ0n) is 8.20. The lowest BCUT2D eigenvalue weighted by molar-refractivity contribution is -0.0461. The van der Waals surface area contributed by atoms with E-state index in [4.69, 9.17) is 4.74 Å². The maximum absolute atomic E-state index is 5.28. The first kappa shape index (κ1) is 8.30. The van der Waals surface area contributed by atoms with Crippen LogP contribution in [0, 0.1) is 5.92 Å². The molecule has 2 aliphatic heterocycles. The molecule has 0 aliphatic carbocycles. The number of rotatable bonds is 1. The third kappa shape index (κ3) is 1.22. The highest BCUT2D eigenvalue weighted by molar-refractivity contribution is 5.54. The van der Waals surface area contributed by atoms with Gasteiger partial charge in [0.1, 0.15) is 0 Å². The normalized spacial score (nSPS) is 26.1. The predicted molar refractivity (Wildman–Crippen MR) is 56.6 cm³/mol. The highest BCUT2D eigenvalue weighted by Gasteiger charge is 2.32. The topological polar surface area (TPSA) is 21.3 Å². The lowest BCUT2D eigenvalue weighted by Gasteiger charge is -2.37. The Balaban J connectivity index is 1.93. The van der Waals surface area contributed by atoms with E-state index in [-0.39, 0.29) is 0 Å². The van der Waals surface area contributed by atoms with Crippen LogP contribution in [0.1, 0.15) is 17.9 Å². The first-order valence-corrected chi connectivity index (χ1v) is 5.36. The highest BCUT2D eigenvalue weighted by Crippen LogP contribution is 2.39. The maximum Gasteiger partial charge on any atom is 0.0522 e. The minimum Gasteiger partial charge on any atom is -0.385 e. The number of anilines is 1. The third-order valence-corrected chi connectivity index (χ3v) is 3.36. The van der Waals surface area contributed by atoms with Gasteiger partial charge in [0.2, 0.25) is 0 Å². The molecule has 2 aliphatic rings. The van der Waals surface area contributed by atoms with Crippen molar-refractivity contribution in [2.45, 2.75) is 12.3 Å². The Morgan fingerprint density at radius 1 is 1.21 bits per heavy atom. The second kappa shape index (κ2) is 3.28. The van der Waals surface area contributed by atoms with Gasteiger partial charge in [-0.1, -0.05) is 18.2 Å². The SMILES string of the molecule is c1ccc2c(c1)NCCC2C1COC1. The number of nitrogens with one attached hydrogen (secondary N) is 1. The molecule has 0 saturated carbocycles. The van der Waals surface area contributed by atoms with Crippen molar-refractivity contribution in [3.63, 3.8) is 0 Å². The molecule has 1 N–H and O–H groups in total. The Morgan fingerprint density at radius 2 is 2.07 bits per heavy atom. The zero-order chi connectivity index (χ0) is 9.38. The molecule has 0 amide bonds. The molecule has 2 heteroatoms. The summed E-state index contributed by atoms with van der Waals surface area (Å²) in [5.74, 6) is 1.49. The molecule has 1 unspecified atom stereocenters. The molecular weight excluding hydrogens is 174 g/mol. The molecule has 14 heavy (non-hydrogen) atoms. The smallest absolute Gasteiger partial charge is 0.0522 e. The van der Waals surface area contributed by atoms with Crippen molar-refractivity contribution < 1.29 is 4.74 Å². The van der Waals surface area contributed by atoms with Gasteiger partial charge in [-0.15, -0.1) is 0 Å². The summed E-state index contributed by atoms with van der Waals surface area (Å²) in [5.41, 5.74) is 2.82. The highest BCUT2D eigenvalue weighted by atomic mass is 16.5. The number of para-hydroxylation sites is 1. The molecule has 3 rings (SSSR count). The molecule has 74 valence electrons. The van der Waals surface area contributed by atoms with Gasteiger partial charge in [-0.05, 0) is 24.0 Å². The molecule has 1 fully saturated rings. The summed E-state index contributed by atoms with van der Waals surface area (Å²) in [7, 11) is 0. The molecule has 0 spiro atoms.